The zero-order chi connectivity index (χ0) is 37.4. The smallest absolute Gasteiger partial charge is 0.165 e. The Bertz CT molecular complexity index is 3120. The molecule has 0 saturated carbocycles. The van der Waals surface area contributed by atoms with Gasteiger partial charge in [0, 0.05) is 32.7 Å². The summed E-state index contributed by atoms with van der Waals surface area (Å²) in [4.78, 5) is 14.5. The minimum Gasteiger partial charge on any atom is -0.309 e. The third-order valence-electron chi connectivity index (χ3n) is 10.9. The van der Waals surface area contributed by atoms with E-state index >= 15 is 0 Å². The quantitative estimate of drug-likeness (QED) is 0.179. The number of aromatic nitrogens is 5. The molecule has 0 spiro atoms. The fourth-order valence-corrected chi connectivity index (χ4v) is 8.39. The van der Waals surface area contributed by atoms with Crippen molar-refractivity contribution in [2.45, 2.75) is 34.6 Å². The molecule has 55 heavy (non-hydrogen) atoms. The van der Waals surface area contributed by atoms with E-state index in [1.807, 2.05) is 13.8 Å². The zero-order valence-corrected chi connectivity index (χ0v) is 31.6. The molecular weight excluding hydrogens is 671 g/mol. The molecule has 0 N–H and O–H groups in total. The highest BCUT2D eigenvalue weighted by Crippen LogP contribution is 2.42. The van der Waals surface area contributed by atoms with Crippen LogP contribution < -0.4 is 0 Å². The third-order valence-corrected chi connectivity index (χ3v) is 10.9. The van der Waals surface area contributed by atoms with E-state index in [9.17, 15) is 0 Å². The second-order valence-electron chi connectivity index (χ2n) is 14.8. The lowest BCUT2D eigenvalue weighted by atomic mass is 9.95. The zero-order valence-electron chi connectivity index (χ0n) is 31.6. The first-order valence-corrected chi connectivity index (χ1v) is 18.9. The van der Waals surface area contributed by atoms with Crippen LogP contribution in [0.1, 0.15) is 28.3 Å². The molecule has 10 aromatic rings. The van der Waals surface area contributed by atoms with Crippen LogP contribution >= 0.6 is 0 Å². The molecule has 0 amide bonds. The highest BCUT2D eigenvalue weighted by molar-refractivity contribution is 6.11. The van der Waals surface area contributed by atoms with Crippen molar-refractivity contribution in [3.8, 4) is 45.0 Å². The number of fused-ring (bicyclic) bond motifs is 6. The Labute approximate surface area is 320 Å². The van der Waals surface area contributed by atoms with E-state index < -0.39 is 0 Å². The Kier molecular flexibility index (Phi) is 7.53. The molecule has 0 aliphatic rings. The lowest BCUT2D eigenvalue weighted by molar-refractivity contribution is 0.927. The number of nitrogens with zero attached hydrogens (tertiary/aromatic N) is 5. The summed E-state index contributed by atoms with van der Waals surface area (Å²) in [5.74, 6) is 2.05. The first kappa shape index (κ1) is 32.8. The second-order valence-corrected chi connectivity index (χ2v) is 14.8. The molecule has 0 aliphatic heterocycles. The van der Waals surface area contributed by atoms with Gasteiger partial charge in [0.25, 0.3) is 0 Å². The summed E-state index contributed by atoms with van der Waals surface area (Å²) in [5.41, 5.74) is 16.0. The van der Waals surface area contributed by atoms with E-state index in [0.29, 0.717) is 17.5 Å². The molecule has 5 nitrogen and oxygen atoms in total. The molecule has 0 bridgehead atoms. The van der Waals surface area contributed by atoms with E-state index in [1.54, 1.807) is 0 Å². The van der Waals surface area contributed by atoms with Crippen LogP contribution in [0.5, 0.6) is 0 Å². The highest BCUT2D eigenvalue weighted by atomic mass is 15.0. The lowest BCUT2D eigenvalue weighted by Gasteiger charge is -2.19. The summed E-state index contributed by atoms with van der Waals surface area (Å²) in [6.45, 7) is 10.3. The number of aryl methyl sites for hydroxylation is 5. The molecule has 0 radical (unpaired) electrons. The van der Waals surface area contributed by atoms with Crippen LogP contribution in [0.25, 0.3) is 88.6 Å². The molecule has 7 aromatic carbocycles. The summed E-state index contributed by atoms with van der Waals surface area (Å²) in [5, 5.41) is 4.93. The van der Waals surface area contributed by atoms with Gasteiger partial charge in [-0.1, -0.05) is 108 Å². The Morgan fingerprint density at radius 3 is 1.47 bits per heavy atom. The predicted molar refractivity (Wildman–Crippen MR) is 228 cm³/mol. The topological polar surface area (TPSA) is 48.5 Å². The van der Waals surface area contributed by atoms with Crippen LogP contribution in [0.4, 0.5) is 0 Å². The Balaban J connectivity index is 1.29. The van der Waals surface area contributed by atoms with Gasteiger partial charge in [-0.3, -0.25) is 0 Å². The molecular formula is C50H39N5. The average molecular weight is 710 g/mol. The summed E-state index contributed by atoms with van der Waals surface area (Å²) in [6.07, 6.45) is 0. The van der Waals surface area contributed by atoms with Gasteiger partial charge in [0.05, 0.1) is 33.4 Å². The molecule has 10 rings (SSSR count). The van der Waals surface area contributed by atoms with Crippen LogP contribution in [0.2, 0.25) is 0 Å². The van der Waals surface area contributed by atoms with Crippen LogP contribution in [0, 0.1) is 34.6 Å². The minimum atomic E-state index is 0.657. The van der Waals surface area contributed by atoms with Gasteiger partial charge in [-0.05, 0) is 106 Å². The number of benzene rings is 7. The largest absolute Gasteiger partial charge is 0.309 e. The predicted octanol–water partition coefficient (Wildman–Crippen LogP) is 12.6. The Morgan fingerprint density at radius 1 is 0.345 bits per heavy atom. The number of para-hydroxylation sites is 2. The molecule has 0 saturated heterocycles. The van der Waals surface area contributed by atoms with Crippen LogP contribution in [-0.2, 0) is 0 Å². The summed E-state index contributed by atoms with van der Waals surface area (Å²) >= 11 is 0. The average Bonchev–Trinajstić information content (AvgIpc) is 3.69. The van der Waals surface area contributed by atoms with Crippen molar-refractivity contribution in [1.82, 2.24) is 24.1 Å². The maximum atomic E-state index is 4.97. The fraction of sp³-hybridized carbons (Fsp3) is 0.100. The Hall–Kier alpha value is -6.85. The summed E-state index contributed by atoms with van der Waals surface area (Å²) < 4.78 is 4.81. The van der Waals surface area contributed by atoms with Gasteiger partial charge in [-0.25, -0.2) is 15.0 Å². The molecule has 264 valence electrons. The standard InChI is InChI=1S/C50H39N5/c1-30-14-18-35(19-15-30)36-20-22-38(49(29-36)55-45-13-9-7-11-40(45)42-27-32(3)17-24-47(42)55)37-21-25-48(43(28-37)50-52-33(4)51-34(5)53-50)54-44-12-8-6-10-39(44)41-26-31(2)16-23-46(41)54/h6-29H,1-5H3. The first-order chi connectivity index (χ1) is 26.8. The van der Waals surface area contributed by atoms with Crippen molar-refractivity contribution in [1.29, 1.82) is 0 Å². The summed E-state index contributed by atoms with van der Waals surface area (Å²) in [7, 11) is 0. The van der Waals surface area contributed by atoms with Gasteiger partial charge in [-0.15, -0.1) is 0 Å². The van der Waals surface area contributed by atoms with E-state index in [0.717, 1.165) is 44.7 Å². The van der Waals surface area contributed by atoms with Gasteiger partial charge in [0.15, 0.2) is 5.82 Å². The van der Waals surface area contributed by atoms with Crippen LogP contribution in [-0.4, -0.2) is 24.1 Å². The molecule has 5 heteroatoms. The van der Waals surface area contributed by atoms with Crippen molar-refractivity contribution in [3.05, 3.63) is 174 Å². The monoisotopic (exact) mass is 709 g/mol. The van der Waals surface area contributed by atoms with Crippen LogP contribution in [0.3, 0.4) is 0 Å². The maximum Gasteiger partial charge on any atom is 0.165 e. The number of hydrogen-bond donors (Lipinski definition) is 0. The van der Waals surface area contributed by atoms with Gasteiger partial charge in [0.1, 0.15) is 11.6 Å². The highest BCUT2D eigenvalue weighted by Gasteiger charge is 2.21. The molecule has 0 aliphatic carbocycles. The van der Waals surface area contributed by atoms with Crippen molar-refractivity contribution in [2.75, 3.05) is 0 Å². The van der Waals surface area contributed by atoms with Crippen molar-refractivity contribution < 1.29 is 0 Å². The third kappa shape index (κ3) is 5.42. The fourth-order valence-electron chi connectivity index (χ4n) is 8.39. The normalized spacial score (nSPS) is 11.7. The molecule has 3 aromatic heterocycles. The van der Waals surface area contributed by atoms with E-state index in [2.05, 4.69) is 180 Å². The van der Waals surface area contributed by atoms with Gasteiger partial charge in [0.2, 0.25) is 0 Å². The second kappa shape index (κ2) is 12.6. The van der Waals surface area contributed by atoms with Gasteiger partial charge < -0.3 is 9.13 Å². The van der Waals surface area contributed by atoms with Crippen molar-refractivity contribution in [2.24, 2.45) is 0 Å². The molecule has 0 fully saturated rings. The van der Waals surface area contributed by atoms with Gasteiger partial charge in [-0.2, -0.15) is 0 Å². The van der Waals surface area contributed by atoms with Gasteiger partial charge >= 0.3 is 0 Å². The van der Waals surface area contributed by atoms with Crippen LogP contribution in [0.15, 0.2) is 146 Å². The number of hydrogen-bond acceptors (Lipinski definition) is 3. The number of rotatable bonds is 5. The lowest BCUT2D eigenvalue weighted by Crippen LogP contribution is -2.04. The van der Waals surface area contributed by atoms with Crippen molar-refractivity contribution in [3.63, 3.8) is 0 Å². The van der Waals surface area contributed by atoms with Crippen molar-refractivity contribution >= 4 is 43.6 Å². The van der Waals surface area contributed by atoms with E-state index in [1.165, 1.54) is 54.8 Å². The van der Waals surface area contributed by atoms with E-state index in [-0.39, 0.29) is 0 Å². The maximum absolute atomic E-state index is 4.97. The first-order valence-electron chi connectivity index (χ1n) is 18.9. The summed E-state index contributed by atoms with van der Waals surface area (Å²) in [6, 6.07) is 53.4. The van der Waals surface area contributed by atoms with E-state index in [4.69, 9.17) is 9.97 Å². The Morgan fingerprint density at radius 2 is 0.855 bits per heavy atom. The molecule has 0 unspecified atom stereocenters. The molecule has 0 atom stereocenters. The minimum absolute atomic E-state index is 0.657. The SMILES string of the molecule is Cc1ccc(-c2ccc(-c3ccc(-n4c5ccccc5c5cc(C)ccc54)c(-c4nc(C)nc(C)n4)c3)c(-n3c4ccccc4c4cc(C)ccc43)c2)cc1. The molecule has 3 heterocycles.